The van der Waals surface area contributed by atoms with Crippen molar-refractivity contribution in [2.45, 2.75) is 65.3 Å². The summed E-state index contributed by atoms with van der Waals surface area (Å²) in [4.78, 5) is 24.6. The van der Waals surface area contributed by atoms with Gasteiger partial charge in [0.25, 0.3) is 5.91 Å². The Kier molecular flexibility index (Phi) is 9.81. The van der Waals surface area contributed by atoms with Crippen molar-refractivity contribution < 1.29 is 9.59 Å². The molecule has 1 aromatic carbocycles. The normalized spacial score (nSPS) is 15.7. The summed E-state index contributed by atoms with van der Waals surface area (Å²) in [6, 6.07) is 5.44. The topological polar surface area (TPSA) is 84.2 Å². The average molecular weight is 396 g/mol. The summed E-state index contributed by atoms with van der Waals surface area (Å²) in [7, 11) is 0. The lowest BCUT2D eigenvalue weighted by Crippen LogP contribution is -2.45. The number of benzene rings is 1. The van der Waals surface area contributed by atoms with Gasteiger partial charge in [0.15, 0.2) is 0 Å². The van der Waals surface area contributed by atoms with E-state index in [1.807, 2.05) is 26.8 Å². The van der Waals surface area contributed by atoms with E-state index in [1.54, 1.807) is 12.1 Å². The zero-order chi connectivity index (χ0) is 19.1. The van der Waals surface area contributed by atoms with Crippen LogP contribution in [-0.4, -0.2) is 24.4 Å². The van der Waals surface area contributed by atoms with Crippen molar-refractivity contribution in [1.82, 2.24) is 5.32 Å². The number of carbonyl (C=O) groups excluding carboxylic acids is 2. The third-order valence-electron chi connectivity index (χ3n) is 5.15. The SMILES string of the molecule is Cc1cc(C(=O)NC(CN)C2CCCCC2)ccc1NC(=O)CC(C)C.Cl. The van der Waals surface area contributed by atoms with Crippen LogP contribution in [0.2, 0.25) is 0 Å². The Morgan fingerprint density at radius 2 is 1.85 bits per heavy atom. The Balaban J connectivity index is 0.00000364. The van der Waals surface area contributed by atoms with E-state index in [-0.39, 0.29) is 30.3 Å². The summed E-state index contributed by atoms with van der Waals surface area (Å²) in [5, 5.41) is 6.04. The molecule has 0 radical (unpaired) electrons. The van der Waals surface area contributed by atoms with Gasteiger partial charge in [-0.3, -0.25) is 9.59 Å². The van der Waals surface area contributed by atoms with Gasteiger partial charge in [0.05, 0.1) is 0 Å². The van der Waals surface area contributed by atoms with Crippen molar-refractivity contribution in [3.63, 3.8) is 0 Å². The van der Waals surface area contributed by atoms with Gasteiger partial charge in [-0.2, -0.15) is 0 Å². The standard InChI is InChI=1S/C21H33N3O2.ClH/c1-14(2)11-20(25)23-18-10-9-17(12-15(18)3)21(26)24-19(13-22)16-7-5-4-6-8-16;/h9-10,12,14,16,19H,4-8,11,13,22H2,1-3H3,(H,23,25)(H,24,26);1H. The van der Waals surface area contributed by atoms with Crippen molar-refractivity contribution in [1.29, 1.82) is 0 Å². The predicted octanol–water partition coefficient (Wildman–Crippen LogP) is 4.04. The number of aryl methyl sites for hydroxylation is 1. The van der Waals surface area contributed by atoms with E-state index < -0.39 is 0 Å². The van der Waals surface area contributed by atoms with Crippen LogP contribution in [0.3, 0.4) is 0 Å². The highest BCUT2D eigenvalue weighted by Crippen LogP contribution is 2.26. The zero-order valence-corrected chi connectivity index (χ0v) is 17.5. The maximum Gasteiger partial charge on any atom is 0.251 e. The molecule has 0 aliphatic heterocycles. The molecule has 0 spiro atoms. The minimum absolute atomic E-state index is 0. The molecule has 0 heterocycles. The molecule has 5 nitrogen and oxygen atoms in total. The van der Waals surface area contributed by atoms with Crippen LogP contribution in [0.15, 0.2) is 18.2 Å². The second-order valence-corrected chi connectivity index (χ2v) is 7.89. The maximum atomic E-state index is 12.6. The molecular formula is C21H34ClN3O2. The number of halogens is 1. The van der Waals surface area contributed by atoms with Gasteiger partial charge in [0.1, 0.15) is 0 Å². The highest BCUT2D eigenvalue weighted by molar-refractivity contribution is 5.96. The molecule has 152 valence electrons. The zero-order valence-electron chi connectivity index (χ0n) is 16.7. The first-order valence-corrected chi connectivity index (χ1v) is 9.82. The fourth-order valence-corrected chi connectivity index (χ4v) is 3.67. The summed E-state index contributed by atoms with van der Waals surface area (Å²) in [6.45, 7) is 6.40. The number of carbonyl (C=O) groups is 2. The smallest absolute Gasteiger partial charge is 0.251 e. The molecule has 1 saturated carbocycles. The van der Waals surface area contributed by atoms with Crippen molar-refractivity contribution in [2.24, 2.45) is 17.6 Å². The number of hydrogen-bond donors (Lipinski definition) is 3. The first-order chi connectivity index (χ1) is 12.4. The Morgan fingerprint density at radius 1 is 1.19 bits per heavy atom. The fourth-order valence-electron chi connectivity index (χ4n) is 3.67. The summed E-state index contributed by atoms with van der Waals surface area (Å²) in [5.74, 6) is 0.705. The van der Waals surface area contributed by atoms with Gasteiger partial charge in [-0.15, -0.1) is 12.4 Å². The quantitative estimate of drug-likeness (QED) is 0.651. The minimum Gasteiger partial charge on any atom is -0.348 e. The lowest BCUT2D eigenvalue weighted by molar-refractivity contribution is -0.116. The van der Waals surface area contributed by atoms with E-state index in [1.165, 1.54) is 19.3 Å². The van der Waals surface area contributed by atoms with Gasteiger partial charge in [-0.1, -0.05) is 33.1 Å². The first-order valence-electron chi connectivity index (χ1n) is 9.82. The Bertz CT molecular complexity index is 628. The molecule has 0 saturated heterocycles. The molecule has 0 aromatic heterocycles. The summed E-state index contributed by atoms with van der Waals surface area (Å²) >= 11 is 0. The molecule has 27 heavy (non-hydrogen) atoms. The summed E-state index contributed by atoms with van der Waals surface area (Å²) < 4.78 is 0. The largest absolute Gasteiger partial charge is 0.348 e. The van der Waals surface area contributed by atoms with E-state index in [2.05, 4.69) is 10.6 Å². The van der Waals surface area contributed by atoms with E-state index in [0.29, 0.717) is 30.4 Å². The average Bonchev–Trinajstić information content (AvgIpc) is 2.61. The molecule has 2 rings (SSSR count). The molecule has 6 heteroatoms. The first kappa shape index (κ1) is 23.4. The van der Waals surface area contributed by atoms with E-state index in [0.717, 1.165) is 24.1 Å². The highest BCUT2D eigenvalue weighted by Gasteiger charge is 2.24. The van der Waals surface area contributed by atoms with Crippen LogP contribution in [0.1, 0.15) is 68.3 Å². The van der Waals surface area contributed by atoms with Crippen LogP contribution in [0.5, 0.6) is 0 Å². The lowest BCUT2D eigenvalue weighted by Gasteiger charge is -2.30. The number of nitrogens with two attached hydrogens (primary N) is 1. The monoisotopic (exact) mass is 395 g/mol. The Labute approximate surface area is 169 Å². The molecule has 1 aromatic rings. The molecule has 0 bridgehead atoms. The molecule has 1 unspecified atom stereocenters. The molecule has 1 aliphatic carbocycles. The van der Waals surface area contributed by atoms with Gasteiger partial charge >= 0.3 is 0 Å². The van der Waals surface area contributed by atoms with Crippen LogP contribution in [0, 0.1) is 18.8 Å². The third kappa shape index (κ3) is 7.15. The molecular weight excluding hydrogens is 362 g/mol. The van der Waals surface area contributed by atoms with Crippen LogP contribution < -0.4 is 16.4 Å². The molecule has 1 aliphatic rings. The number of nitrogens with one attached hydrogen (secondary N) is 2. The van der Waals surface area contributed by atoms with Crippen molar-refractivity contribution in [3.8, 4) is 0 Å². The van der Waals surface area contributed by atoms with Gasteiger partial charge in [0, 0.05) is 30.3 Å². The Morgan fingerprint density at radius 3 is 2.41 bits per heavy atom. The van der Waals surface area contributed by atoms with E-state index >= 15 is 0 Å². The number of rotatable bonds is 7. The molecule has 1 fully saturated rings. The van der Waals surface area contributed by atoms with Crippen molar-refractivity contribution in [3.05, 3.63) is 29.3 Å². The van der Waals surface area contributed by atoms with Crippen LogP contribution >= 0.6 is 12.4 Å². The van der Waals surface area contributed by atoms with Crippen molar-refractivity contribution in [2.75, 3.05) is 11.9 Å². The van der Waals surface area contributed by atoms with Gasteiger partial charge in [-0.05, 0) is 55.4 Å². The molecule has 2 amide bonds. The number of hydrogen-bond acceptors (Lipinski definition) is 3. The van der Waals surface area contributed by atoms with Crippen molar-refractivity contribution >= 4 is 29.9 Å². The van der Waals surface area contributed by atoms with Crippen LogP contribution in [0.4, 0.5) is 5.69 Å². The maximum absolute atomic E-state index is 12.6. The lowest BCUT2D eigenvalue weighted by atomic mass is 9.84. The van der Waals surface area contributed by atoms with Crippen LogP contribution in [-0.2, 0) is 4.79 Å². The Hall–Kier alpha value is -1.59. The van der Waals surface area contributed by atoms with E-state index in [4.69, 9.17) is 5.73 Å². The number of anilines is 1. The molecule has 1 atom stereocenters. The predicted molar refractivity (Wildman–Crippen MR) is 113 cm³/mol. The van der Waals surface area contributed by atoms with Crippen LogP contribution in [0.25, 0.3) is 0 Å². The highest BCUT2D eigenvalue weighted by atomic mass is 35.5. The number of amides is 2. The minimum atomic E-state index is -0.0887. The second kappa shape index (κ2) is 11.3. The fraction of sp³-hybridized carbons (Fsp3) is 0.619. The molecule has 4 N–H and O–H groups in total. The van der Waals surface area contributed by atoms with E-state index in [9.17, 15) is 9.59 Å². The third-order valence-corrected chi connectivity index (χ3v) is 5.15. The van der Waals surface area contributed by atoms with Gasteiger partial charge in [0.2, 0.25) is 5.91 Å². The van der Waals surface area contributed by atoms with Gasteiger partial charge < -0.3 is 16.4 Å². The second-order valence-electron chi connectivity index (χ2n) is 7.89. The van der Waals surface area contributed by atoms with Gasteiger partial charge in [-0.25, -0.2) is 0 Å². The summed E-state index contributed by atoms with van der Waals surface area (Å²) in [6.07, 6.45) is 6.50. The summed E-state index contributed by atoms with van der Waals surface area (Å²) in [5.41, 5.74) is 8.17.